The van der Waals surface area contributed by atoms with Gasteiger partial charge in [-0.25, -0.2) is 9.59 Å². The van der Waals surface area contributed by atoms with Crippen LogP contribution in [0.2, 0.25) is 0 Å². The van der Waals surface area contributed by atoms with Gasteiger partial charge in [0.2, 0.25) is 0 Å². The summed E-state index contributed by atoms with van der Waals surface area (Å²) in [4.78, 5) is 36.0. The fourth-order valence-electron chi connectivity index (χ4n) is 2.02. The first-order valence-corrected chi connectivity index (χ1v) is 9.55. The van der Waals surface area contributed by atoms with Crippen molar-refractivity contribution in [2.24, 2.45) is 0 Å². The summed E-state index contributed by atoms with van der Waals surface area (Å²) in [5.74, 6) is -1.15. The number of carbonyl (C=O) groups excluding carboxylic acids is 3. The van der Waals surface area contributed by atoms with E-state index in [1.807, 2.05) is 51.1 Å². The highest BCUT2D eigenvalue weighted by molar-refractivity contribution is 9.09. The Labute approximate surface area is 168 Å². The van der Waals surface area contributed by atoms with Gasteiger partial charge < -0.3 is 20.1 Å². The smallest absolute Gasteiger partial charge is 0.408 e. The van der Waals surface area contributed by atoms with Gasteiger partial charge >= 0.3 is 12.1 Å². The lowest BCUT2D eigenvalue weighted by Crippen LogP contribution is -2.51. The molecule has 3 atom stereocenters. The van der Waals surface area contributed by atoms with Crippen molar-refractivity contribution in [3.63, 3.8) is 0 Å². The molecule has 7 nitrogen and oxygen atoms in total. The lowest BCUT2D eigenvalue weighted by Gasteiger charge is -2.27. The van der Waals surface area contributed by atoms with Crippen LogP contribution < -0.4 is 10.6 Å². The van der Waals surface area contributed by atoms with E-state index in [0.717, 1.165) is 5.56 Å². The fraction of sp³-hybridized carbons (Fsp3) is 0.526. The number of nitrogens with one attached hydrogen (secondary N) is 2. The van der Waals surface area contributed by atoms with Gasteiger partial charge in [-0.05, 0) is 40.2 Å². The monoisotopic (exact) mass is 442 g/mol. The Kier molecular flexibility index (Phi) is 8.75. The SMILES string of the molecule is CC(Br)C(OC(=O)[C@H](C)NC(=O)OCc1ccccc1)C(=O)NC(C)(C)C. The maximum atomic E-state index is 12.3. The molecule has 1 aromatic carbocycles. The van der Waals surface area contributed by atoms with Crippen molar-refractivity contribution >= 4 is 33.9 Å². The summed E-state index contributed by atoms with van der Waals surface area (Å²) in [5, 5.41) is 5.16. The second kappa shape index (κ2) is 10.3. The van der Waals surface area contributed by atoms with E-state index in [4.69, 9.17) is 9.47 Å². The number of hydrogen-bond acceptors (Lipinski definition) is 5. The van der Waals surface area contributed by atoms with Crippen molar-refractivity contribution < 1.29 is 23.9 Å². The number of carbonyl (C=O) groups is 3. The number of alkyl carbamates (subject to hydrolysis) is 1. The van der Waals surface area contributed by atoms with E-state index < -0.39 is 40.5 Å². The summed E-state index contributed by atoms with van der Waals surface area (Å²) in [6, 6.07) is 8.20. The third kappa shape index (κ3) is 8.90. The van der Waals surface area contributed by atoms with Crippen LogP contribution in [0.4, 0.5) is 4.79 Å². The lowest BCUT2D eigenvalue weighted by atomic mass is 10.1. The van der Waals surface area contributed by atoms with E-state index in [9.17, 15) is 14.4 Å². The predicted octanol–water partition coefficient (Wildman–Crippen LogP) is 2.91. The van der Waals surface area contributed by atoms with Crippen LogP contribution in [0.5, 0.6) is 0 Å². The molecule has 8 heteroatoms. The highest BCUT2D eigenvalue weighted by atomic mass is 79.9. The molecule has 0 spiro atoms. The second-order valence-corrected chi connectivity index (χ2v) is 8.65. The summed E-state index contributed by atoms with van der Waals surface area (Å²) in [7, 11) is 0. The Morgan fingerprint density at radius 1 is 1.11 bits per heavy atom. The molecule has 0 bridgehead atoms. The number of halogens is 1. The van der Waals surface area contributed by atoms with Gasteiger partial charge in [-0.2, -0.15) is 0 Å². The molecule has 0 saturated carbocycles. The molecule has 0 saturated heterocycles. The average Bonchev–Trinajstić information content (AvgIpc) is 2.56. The van der Waals surface area contributed by atoms with Gasteiger partial charge in [0.1, 0.15) is 12.6 Å². The Hall–Kier alpha value is -2.09. The van der Waals surface area contributed by atoms with Crippen LogP contribution in [0.25, 0.3) is 0 Å². The van der Waals surface area contributed by atoms with Crippen molar-refractivity contribution in [3.8, 4) is 0 Å². The van der Waals surface area contributed by atoms with Gasteiger partial charge in [0.15, 0.2) is 6.10 Å². The summed E-state index contributed by atoms with van der Waals surface area (Å²) in [6.07, 6.45) is -1.77. The Morgan fingerprint density at radius 3 is 2.22 bits per heavy atom. The first kappa shape index (κ1) is 23.0. The highest BCUT2D eigenvalue weighted by Gasteiger charge is 2.32. The van der Waals surface area contributed by atoms with Gasteiger partial charge in [-0.15, -0.1) is 0 Å². The topological polar surface area (TPSA) is 93.7 Å². The van der Waals surface area contributed by atoms with Crippen LogP contribution in [-0.4, -0.2) is 40.5 Å². The number of esters is 1. The van der Waals surface area contributed by atoms with Crippen molar-refractivity contribution in [2.45, 2.75) is 63.7 Å². The average molecular weight is 443 g/mol. The standard InChI is InChI=1S/C19H27BrN2O5/c1-12(20)15(16(23)22-19(3,4)5)27-17(24)13(2)21-18(25)26-11-14-9-7-6-8-10-14/h6-10,12-13,15H,11H2,1-5H3,(H,21,25)(H,22,23)/t12?,13-,15?/m0/s1. The van der Waals surface area contributed by atoms with Gasteiger partial charge in [-0.1, -0.05) is 46.3 Å². The highest BCUT2D eigenvalue weighted by Crippen LogP contribution is 2.12. The number of alkyl halides is 1. The normalized spacial score (nSPS) is 14.4. The molecule has 0 aliphatic heterocycles. The number of rotatable bonds is 7. The number of hydrogen-bond donors (Lipinski definition) is 2. The van der Waals surface area contributed by atoms with Gasteiger partial charge in [-0.3, -0.25) is 4.79 Å². The van der Waals surface area contributed by atoms with E-state index in [1.165, 1.54) is 6.92 Å². The minimum absolute atomic E-state index is 0.0868. The quantitative estimate of drug-likeness (QED) is 0.499. The minimum atomic E-state index is -1.03. The van der Waals surface area contributed by atoms with E-state index >= 15 is 0 Å². The number of ether oxygens (including phenoxy) is 2. The largest absolute Gasteiger partial charge is 0.450 e. The van der Waals surface area contributed by atoms with Gasteiger partial charge in [0.25, 0.3) is 5.91 Å². The molecule has 2 unspecified atom stereocenters. The Morgan fingerprint density at radius 2 is 1.70 bits per heavy atom. The molecule has 2 amide bonds. The molecule has 0 heterocycles. The molecule has 0 fully saturated rings. The molecule has 1 rings (SSSR count). The molecule has 27 heavy (non-hydrogen) atoms. The van der Waals surface area contributed by atoms with E-state index in [1.54, 1.807) is 6.92 Å². The van der Waals surface area contributed by atoms with Crippen LogP contribution in [0.1, 0.15) is 40.2 Å². The zero-order chi connectivity index (χ0) is 20.6. The first-order valence-electron chi connectivity index (χ1n) is 8.63. The maximum absolute atomic E-state index is 12.3. The molecule has 2 N–H and O–H groups in total. The van der Waals surface area contributed by atoms with Gasteiger partial charge in [0, 0.05) is 5.54 Å². The second-order valence-electron chi connectivity index (χ2n) is 7.20. The molecule has 0 aromatic heterocycles. The van der Waals surface area contributed by atoms with Crippen molar-refractivity contribution in [3.05, 3.63) is 35.9 Å². The molecular weight excluding hydrogens is 416 g/mol. The van der Waals surface area contributed by atoms with E-state index in [-0.39, 0.29) is 6.61 Å². The van der Waals surface area contributed by atoms with Crippen molar-refractivity contribution in [1.29, 1.82) is 0 Å². The maximum Gasteiger partial charge on any atom is 0.408 e. The fourth-order valence-corrected chi connectivity index (χ4v) is 2.37. The molecule has 0 radical (unpaired) electrons. The number of benzene rings is 1. The van der Waals surface area contributed by atoms with E-state index in [0.29, 0.717) is 0 Å². The van der Waals surface area contributed by atoms with Crippen molar-refractivity contribution in [1.82, 2.24) is 10.6 Å². The zero-order valence-electron chi connectivity index (χ0n) is 16.2. The molecular formula is C19H27BrN2O5. The van der Waals surface area contributed by atoms with Crippen LogP contribution in [0, 0.1) is 0 Å². The summed E-state index contributed by atoms with van der Waals surface area (Å²) in [5.41, 5.74) is 0.365. The van der Waals surface area contributed by atoms with Crippen molar-refractivity contribution in [2.75, 3.05) is 0 Å². The van der Waals surface area contributed by atoms with Crippen LogP contribution >= 0.6 is 15.9 Å². The third-order valence-corrected chi connectivity index (χ3v) is 3.80. The van der Waals surface area contributed by atoms with E-state index in [2.05, 4.69) is 26.6 Å². The van der Waals surface area contributed by atoms with Crippen LogP contribution in [0.3, 0.4) is 0 Å². The molecule has 1 aromatic rings. The van der Waals surface area contributed by atoms with Gasteiger partial charge in [0.05, 0.1) is 4.83 Å². The summed E-state index contributed by atoms with van der Waals surface area (Å²) < 4.78 is 10.3. The first-order chi connectivity index (χ1) is 12.5. The summed E-state index contributed by atoms with van der Waals surface area (Å²) in [6.45, 7) is 8.74. The third-order valence-electron chi connectivity index (χ3n) is 3.32. The Bertz CT molecular complexity index is 643. The zero-order valence-corrected chi connectivity index (χ0v) is 17.8. The Balaban J connectivity index is 2.55. The van der Waals surface area contributed by atoms with Crippen LogP contribution in [0.15, 0.2) is 30.3 Å². The summed E-state index contributed by atoms with van der Waals surface area (Å²) >= 11 is 3.28. The number of amides is 2. The predicted molar refractivity (Wildman–Crippen MR) is 105 cm³/mol. The molecule has 150 valence electrons. The lowest BCUT2D eigenvalue weighted by molar-refractivity contribution is -0.157. The minimum Gasteiger partial charge on any atom is -0.450 e. The molecule has 0 aliphatic rings. The van der Waals surface area contributed by atoms with Crippen LogP contribution in [-0.2, 0) is 25.7 Å². The molecule has 0 aliphatic carbocycles.